The summed E-state index contributed by atoms with van der Waals surface area (Å²) in [7, 11) is 1.60. The van der Waals surface area contributed by atoms with E-state index in [0.29, 0.717) is 23.2 Å². The van der Waals surface area contributed by atoms with E-state index in [1.54, 1.807) is 11.8 Å². The number of nitrogens with zero attached hydrogens (tertiary/aromatic N) is 4. The van der Waals surface area contributed by atoms with Crippen molar-refractivity contribution < 1.29 is 9.53 Å². The lowest BCUT2D eigenvalue weighted by Crippen LogP contribution is -2.27. The minimum absolute atomic E-state index is 0.131. The number of aromatic nitrogens is 4. The number of hydrogen-bond acceptors (Lipinski definition) is 5. The Balaban J connectivity index is 1.58. The number of carbonyl (C=O) groups is 1. The van der Waals surface area contributed by atoms with E-state index < -0.39 is 0 Å². The maximum atomic E-state index is 12.6. The minimum Gasteiger partial charge on any atom is -0.494 e. The molecular weight excluding hydrogens is 306 g/mol. The van der Waals surface area contributed by atoms with Crippen LogP contribution >= 0.6 is 0 Å². The summed E-state index contributed by atoms with van der Waals surface area (Å²) < 4.78 is 7.00. The van der Waals surface area contributed by atoms with Gasteiger partial charge in [0.1, 0.15) is 11.4 Å². The number of benzene rings is 1. The van der Waals surface area contributed by atoms with Gasteiger partial charge in [-0.2, -0.15) is 4.68 Å². The largest absolute Gasteiger partial charge is 0.494 e. The fourth-order valence-electron chi connectivity index (χ4n) is 4.19. The van der Waals surface area contributed by atoms with Gasteiger partial charge in [-0.05, 0) is 66.6 Å². The van der Waals surface area contributed by atoms with Crippen molar-refractivity contribution in [3.05, 3.63) is 24.0 Å². The van der Waals surface area contributed by atoms with Crippen molar-refractivity contribution in [3.8, 4) is 11.4 Å². The van der Waals surface area contributed by atoms with Gasteiger partial charge in [-0.3, -0.25) is 4.79 Å². The predicted octanol–water partition coefficient (Wildman–Crippen LogP) is 2.35. The molecule has 2 aromatic rings. The van der Waals surface area contributed by atoms with E-state index in [-0.39, 0.29) is 11.8 Å². The van der Waals surface area contributed by atoms with Gasteiger partial charge in [0.05, 0.1) is 7.11 Å². The summed E-state index contributed by atoms with van der Waals surface area (Å²) in [5.74, 6) is 2.92. The third kappa shape index (κ3) is 2.53. The first-order valence-corrected chi connectivity index (χ1v) is 8.40. The third-order valence-electron chi connectivity index (χ3n) is 5.37. The number of hydrogen-bond donors (Lipinski definition) is 1. The smallest absolute Gasteiger partial charge is 0.227 e. The molecule has 0 saturated heterocycles. The van der Waals surface area contributed by atoms with Gasteiger partial charge in [0.2, 0.25) is 5.91 Å². The molecule has 3 atom stereocenters. The number of rotatable bonds is 4. The molecule has 3 unspecified atom stereocenters. The Hall–Kier alpha value is -2.44. The van der Waals surface area contributed by atoms with Gasteiger partial charge >= 0.3 is 0 Å². The molecule has 24 heavy (non-hydrogen) atoms. The van der Waals surface area contributed by atoms with Gasteiger partial charge in [0.25, 0.3) is 0 Å². The van der Waals surface area contributed by atoms with Gasteiger partial charge in [-0.15, -0.1) is 5.10 Å². The number of amides is 1. The summed E-state index contributed by atoms with van der Waals surface area (Å²) in [6, 6.07) is 5.54. The lowest BCUT2D eigenvalue weighted by molar-refractivity contribution is -0.121. The highest BCUT2D eigenvalue weighted by atomic mass is 16.5. The number of fused-ring (bicyclic) bond motifs is 2. The van der Waals surface area contributed by atoms with Crippen LogP contribution in [-0.2, 0) is 4.79 Å². The van der Waals surface area contributed by atoms with Crippen LogP contribution in [0, 0.1) is 24.7 Å². The molecule has 1 aromatic heterocycles. The lowest BCUT2D eigenvalue weighted by Gasteiger charge is -2.21. The number of methoxy groups -OCH3 is 1. The van der Waals surface area contributed by atoms with Crippen molar-refractivity contribution in [1.82, 2.24) is 20.2 Å². The van der Waals surface area contributed by atoms with E-state index >= 15 is 0 Å². The molecule has 0 aliphatic heterocycles. The molecule has 4 rings (SSSR count). The zero-order valence-corrected chi connectivity index (χ0v) is 13.9. The molecule has 2 saturated carbocycles. The monoisotopic (exact) mass is 327 g/mol. The summed E-state index contributed by atoms with van der Waals surface area (Å²) in [6.07, 6.45) is 4.74. The van der Waals surface area contributed by atoms with Crippen LogP contribution in [-0.4, -0.2) is 33.2 Å². The van der Waals surface area contributed by atoms with Crippen LogP contribution in [0.25, 0.3) is 5.69 Å². The number of ether oxygens (including phenoxy) is 1. The van der Waals surface area contributed by atoms with E-state index in [0.717, 1.165) is 18.0 Å². The Bertz CT molecular complexity index is 772. The van der Waals surface area contributed by atoms with Crippen LogP contribution in [0.3, 0.4) is 0 Å². The second kappa shape index (κ2) is 5.89. The Kier molecular flexibility index (Phi) is 3.70. The predicted molar refractivity (Wildman–Crippen MR) is 88.0 cm³/mol. The normalized spacial score (nSPS) is 25.0. The molecule has 0 spiro atoms. The molecule has 2 fully saturated rings. The van der Waals surface area contributed by atoms with Crippen LogP contribution in [0.2, 0.25) is 0 Å². The summed E-state index contributed by atoms with van der Waals surface area (Å²) in [4.78, 5) is 12.6. The fraction of sp³-hybridized carbons (Fsp3) is 0.529. The molecule has 2 bridgehead atoms. The van der Waals surface area contributed by atoms with Gasteiger partial charge in [-0.1, -0.05) is 6.42 Å². The number of tetrazole rings is 1. The lowest BCUT2D eigenvalue weighted by atomic mass is 9.88. The average molecular weight is 327 g/mol. The molecule has 1 amide bonds. The Morgan fingerprint density at radius 1 is 1.33 bits per heavy atom. The Morgan fingerprint density at radius 3 is 2.83 bits per heavy atom. The first kappa shape index (κ1) is 15.1. The summed E-state index contributed by atoms with van der Waals surface area (Å²) >= 11 is 0. The fourth-order valence-corrected chi connectivity index (χ4v) is 4.19. The highest BCUT2D eigenvalue weighted by Gasteiger charge is 2.43. The second-order valence-corrected chi connectivity index (χ2v) is 6.80. The first-order valence-electron chi connectivity index (χ1n) is 8.40. The molecule has 1 aromatic carbocycles. The summed E-state index contributed by atoms with van der Waals surface area (Å²) in [6.45, 7) is 1.82. The highest BCUT2D eigenvalue weighted by molar-refractivity contribution is 5.93. The van der Waals surface area contributed by atoms with Crippen LogP contribution in [0.4, 0.5) is 5.69 Å². The summed E-state index contributed by atoms with van der Waals surface area (Å²) in [5.41, 5.74) is 1.46. The minimum atomic E-state index is 0.131. The second-order valence-electron chi connectivity index (χ2n) is 6.80. The molecule has 7 nitrogen and oxygen atoms in total. The standard InChI is InChI=1S/C17H21N5O2/c1-10-19-20-21-22(10)15-9-13(5-6-16(15)24-2)18-17(23)14-8-11-3-4-12(14)7-11/h5-6,9,11-12,14H,3-4,7-8H2,1-2H3,(H,18,23). The van der Waals surface area contributed by atoms with Crippen molar-refractivity contribution in [1.29, 1.82) is 0 Å². The van der Waals surface area contributed by atoms with Crippen molar-refractivity contribution in [2.24, 2.45) is 17.8 Å². The van der Waals surface area contributed by atoms with E-state index in [9.17, 15) is 4.79 Å². The molecule has 0 radical (unpaired) electrons. The molecule has 1 N–H and O–H groups in total. The van der Waals surface area contributed by atoms with E-state index in [1.807, 2.05) is 25.1 Å². The van der Waals surface area contributed by atoms with Gasteiger partial charge in [0, 0.05) is 11.6 Å². The zero-order valence-electron chi connectivity index (χ0n) is 13.9. The van der Waals surface area contributed by atoms with Crippen molar-refractivity contribution in [3.63, 3.8) is 0 Å². The molecule has 7 heteroatoms. The van der Waals surface area contributed by atoms with E-state index in [4.69, 9.17) is 4.74 Å². The van der Waals surface area contributed by atoms with Crippen molar-refractivity contribution >= 4 is 11.6 Å². The maximum Gasteiger partial charge on any atom is 0.227 e. The SMILES string of the molecule is COc1ccc(NC(=O)C2CC3CCC2C3)cc1-n1nnnc1C. The summed E-state index contributed by atoms with van der Waals surface area (Å²) in [5, 5.41) is 14.6. The molecule has 2 aliphatic carbocycles. The number of aryl methyl sites for hydroxylation is 1. The Labute approximate surface area is 140 Å². The van der Waals surface area contributed by atoms with Crippen LogP contribution < -0.4 is 10.1 Å². The maximum absolute atomic E-state index is 12.6. The zero-order chi connectivity index (χ0) is 16.7. The van der Waals surface area contributed by atoms with Gasteiger partial charge < -0.3 is 10.1 Å². The number of anilines is 1. The molecule has 2 aliphatic rings. The van der Waals surface area contributed by atoms with Crippen LogP contribution in [0.15, 0.2) is 18.2 Å². The van der Waals surface area contributed by atoms with E-state index in [1.165, 1.54) is 19.3 Å². The highest BCUT2D eigenvalue weighted by Crippen LogP contribution is 2.48. The Morgan fingerprint density at radius 2 is 2.21 bits per heavy atom. The molecule has 1 heterocycles. The third-order valence-corrected chi connectivity index (χ3v) is 5.37. The number of carbonyl (C=O) groups excluding carboxylic acids is 1. The van der Waals surface area contributed by atoms with Crippen molar-refractivity contribution in [2.45, 2.75) is 32.6 Å². The molecule has 126 valence electrons. The quantitative estimate of drug-likeness (QED) is 0.932. The van der Waals surface area contributed by atoms with Crippen LogP contribution in [0.1, 0.15) is 31.5 Å². The van der Waals surface area contributed by atoms with Gasteiger partial charge in [0.15, 0.2) is 5.82 Å². The number of nitrogens with one attached hydrogen (secondary N) is 1. The van der Waals surface area contributed by atoms with Crippen molar-refractivity contribution in [2.75, 3.05) is 12.4 Å². The van der Waals surface area contributed by atoms with Gasteiger partial charge in [-0.25, -0.2) is 0 Å². The molecular formula is C17H21N5O2. The topological polar surface area (TPSA) is 81.9 Å². The first-order chi connectivity index (χ1) is 11.7. The average Bonchev–Trinajstić information content (AvgIpc) is 3.31. The van der Waals surface area contributed by atoms with E-state index in [2.05, 4.69) is 20.8 Å². The van der Waals surface area contributed by atoms with Crippen LogP contribution in [0.5, 0.6) is 5.75 Å².